The molecular formula is C20H26N4O2. The van der Waals surface area contributed by atoms with Crippen LogP contribution >= 0.6 is 0 Å². The standard InChI is InChI=1S/C20H26N4O2/c1-2-24-13-17(12-22-24)18-20(15-21-18)8-10-23(11-9-20)19(25)26-14-16-6-4-3-5-7-16/h3-7,12-13,18,21H,2,8-11,14-15H2,1H3/t18-/m0/s1. The molecule has 0 bridgehead atoms. The van der Waals surface area contributed by atoms with Crippen molar-refractivity contribution in [3.05, 3.63) is 53.9 Å². The van der Waals surface area contributed by atoms with E-state index in [1.54, 1.807) is 0 Å². The Balaban J connectivity index is 1.31. The van der Waals surface area contributed by atoms with Crippen molar-refractivity contribution in [2.24, 2.45) is 5.41 Å². The molecule has 2 fully saturated rings. The molecular weight excluding hydrogens is 328 g/mol. The normalized spacial score (nSPS) is 21.4. The minimum atomic E-state index is -0.202. The smallest absolute Gasteiger partial charge is 0.410 e. The lowest BCUT2D eigenvalue weighted by atomic mass is 9.65. The number of carbonyl (C=O) groups excluding carboxylic acids is 1. The second-order valence-corrected chi connectivity index (χ2v) is 7.33. The molecule has 6 heteroatoms. The van der Waals surface area contributed by atoms with Crippen LogP contribution in [-0.4, -0.2) is 40.4 Å². The highest BCUT2D eigenvalue weighted by atomic mass is 16.6. The molecule has 0 aliphatic carbocycles. The van der Waals surface area contributed by atoms with Gasteiger partial charge in [-0.15, -0.1) is 0 Å². The molecule has 6 nitrogen and oxygen atoms in total. The lowest BCUT2D eigenvalue weighted by Crippen LogP contribution is -2.60. The predicted octanol–water partition coefficient (Wildman–Crippen LogP) is 2.97. The van der Waals surface area contributed by atoms with E-state index in [0.717, 1.165) is 44.6 Å². The van der Waals surface area contributed by atoms with Crippen LogP contribution in [-0.2, 0) is 17.9 Å². The Morgan fingerprint density at radius 2 is 2.08 bits per heavy atom. The lowest BCUT2D eigenvalue weighted by Gasteiger charge is -2.54. The Bertz CT molecular complexity index is 750. The molecule has 26 heavy (non-hydrogen) atoms. The first-order valence-corrected chi connectivity index (χ1v) is 9.41. The zero-order valence-corrected chi connectivity index (χ0v) is 15.2. The Morgan fingerprint density at radius 3 is 2.69 bits per heavy atom. The first-order chi connectivity index (χ1) is 12.7. The number of benzene rings is 1. The number of likely N-dealkylation sites (tertiary alicyclic amines) is 1. The number of nitrogens with one attached hydrogen (secondary N) is 1. The van der Waals surface area contributed by atoms with Gasteiger partial charge in [-0.25, -0.2) is 4.79 Å². The summed E-state index contributed by atoms with van der Waals surface area (Å²) in [6, 6.07) is 10.2. The van der Waals surface area contributed by atoms with Gasteiger partial charge < -0.3 is 15.0 Å². The molecule has 2 aliphatic heterocycles. The second-order valence-electron chi connectivity index (χ2n) is 7.33. The summed E-state index contributed by atoms with van der Waals surface area (Å²) in [6.45, 7) is 5.85. The molecule has 1 aromatic heterocycles. The maximum atomic E-state index is 12.4. The van der Waals surface area contributed by atoms with E-state index < -0.39 is 0 Å². The SMILES string of the molecule is CCn1cc([C@@H]2NCC23CCN(C(=O)OCc2ccccc2)CC3)cn1. The Morgan fingerprint density at radius 1 is 1.31 bits per heavy atom. The fraction of sp³-hybridized carbons (Fsp3) is 0.500. The summed E-state index contributed by atoms with van der Waals surface area (Å²) in [6.07, 6.45) is 5.92. The number of aryl methyl sites for hydroxylation is 1. The summed E-state index contributed by atoms with van der Waals surface area (Å²) in [7, 11) is 0. The Hall–Kier alpha value is -2.34. The average Bonchev–Trinajstić information content (AvgIpc) is 3.14. The van der Waals surface area contributed by atoms with E-state index in [1.807, 2.05) is 46.1 Å². The second kappa shape index (κ2) is 7.11. The molecule has 0 saturated carbocycles. The van der Waals surface area contributed by atoms with Crippen LogP contribution in [0.3, 0.4) is 0 Å². The molecule has 0 unspecified atom stereocenters. The quantitative estimate of drug-likeness (QED) is 0.917. The fourth-order valence-corrected chi connectivity index (χ4v) is 4.08. The zero-order chi connectivity index (χ0) is 18.0. The van der Waals surface area contributed by atoms with Crippen LogP contribution in [0, 0.1) is 5.41 Å². The van der Waals surface area contributed by atoms with Gasteiger partial charge in [-0.3, -0.25) is 4.68 Å². The summed E-state index contributed by atoms with van der Waals surface area (Å²) in [5.41, 5.74) is 2.53. The molecule has 1 N–H and O–H groups in total. The van der Waals surface area contributed by atoms with Crippen molar-refractivity contribution >= 4 is 6.09 Å². The Kier molecular flexibility index (Phi) is 4.68. The van der Waals surface area contributed by atoms with Gasteiger partial charge in [0.25, 0.3) is 0 Å². The molecule has 1 aromatic carbocycles. The summed E-state index contributed by atoms with van der Waals surface area (Å²) >= 11 is 0. The third-order valence-electron chi connectivity index (χ3n) is 5.80. The van der Waals surface area contributed by atoms with Crippen molar-refractivity contribution in [2.45, 2.75) is 39.0 Å². The van der Waals surface area contributed by atoms with E-state index in [9.17, 15) is 4.79 Å². The molecule has 2 aliphatic rings. The monoisotopic (exact) mass is 354 g/mol. The Labute approximate surface area is 154 Å². The van der Waals surface area contributed by atoms with E-state index in [4.69, 9.17) is 4.74 Å². The van der Waals surface area contributed by atoms with Crippen molar-refractivity contribution in [2.75, 3.05) is 19.6 Å². The number of hydrogen-bond donors (Lipinski definition) is 1. The first kappa shape index (κ1) is 17.1. The van der Waals surface area contributed by atoms with Crippen LogP contribution in [0.4, 0.5) is 4.79 Å². The number of piperidine rings is 1. The highest BCUT2D eigenvalue weighted by molar-refractivity contribution is 5.67. The first-order valence-electron chi connectivity index (χ1n) is 9.41. The third kappa shape index (κ3) is 3.21. The maximum absolute atomic E-state index is 12.4. The van der Waals surface area contributed by atoms with Gasteiger partial charge in [-0.05, 0) is 25.3 Å². The van der Waals surface area contributed by atoms with Crippen LogP contribution in [0.1, 0.15) is 36.9 Å². The summed E-state index contributed by atoms with van der Waals surface area (Å²) in [5, 5.41) is 7.97. The van der Waals surface area contributed by atoms with E-state index in [0.29, 0.717) is 12.6 Å². The highest BCUT2D eigenvalue weighted by Gasteiger charge is 2.49. The van der Waals surface area contributed by atoms with E-state index in [-0.39, 0.29) is 11.5 Å². The number of carbonyl (C=O) groups is 1. The van der Waals surface area contributed by atoms with Crippen LogP contribution < -0.4 is 5.32 Å². The van der Waals surface area contributed by atoms with Gasteiger partial charge in [-0.1, -0.05) is 30.3 Å². The average molecular weight is 354 g/mol. The minimum absolute atomic E-state index is 0.202. The molecule has 2 aromatic rings. The topological polar surface area (TPSA) is 59.4 Å². The molecule has 1 spiro atoms. The summed E-state index contributed by atoms with van der Waals surface area (Å²) in [5.74, 6) is 0. The minimum Gasteiger partial charge on any atom is -0.445 e. The maximum Gasteiger partial charge on any atom is 0.410 e. The number of amides is 1. The van der Waals surface area contributed by atoms with E-state index >= 15 is 0 Å². The largest absolute Gasteiger partial charge is 0.445 e. The van der Waals surface area contributed by atoms with Crippen molar-refractivity contribution < 1.29 is 9.53 Å². The van der Waals surface area contributed by atoms with E-state index in [2.05, 4.69) is 23.5 Å². The third-order valence-corrected chi connectivity index (χ3v) is 5.80. The van der Waals surface area contributed by atoms with Gasteiger partial charge in [0.1, 0.15) is 6.61 Å². The van der Waals surface area contributed by atoms with Crippen LogP contribution in [0.5, 0.6) is 0 Å². The molecule has 0 radical (unpaired) electrons. The summed E-state index contributed by atoms with van der Waals surface area (Å²) in [4.78, 5) is 14.2. The van der Waals surface area contributed by atoms with Gasteiger partial charge in [0.05, 0.1) is 6.20 Å². The van der Waals surface area contributed by atoms with Crippen LogP contribution in [0.25, 0.3) is 0 Å². The van der Waals surface area contributed by atoms with Crippen molar-refractivity contribution in [1.29, 1.82) is 0 Å². The van der Waals surface area contributed by atoms with Gasteiger partial charge in [0, 0.05) is 49.4 Å². The van der Waals surface area contributed by atoms with Crippen molar-refractivity contribution in [3.63, 3.8) is 0 Å². The number of rotatable bonds is 4. The van der Waals surface area contributed by atoms with Crippen molar-refractivity contribution in [1.82, 2.24) is 20.0 Å². The number of ether oxygens (including phenoxy) is 1. The molecule has 1 atom stereocenters. The van der Waals surface area contributed by atoms with Gasteiger partial charge in [0.15, 0.2) is 0 Å². The molecule has 1 amide bonds. The van der Waals surface area contributed by atoms with Gasteiger partial charge in [0.2, 0.25) is 0 Å². The molecule has 138 valence electrons. The number of nitrogens with zero attached hydrogens (tertiary/aromatic N) is 3. The predicted molar refractivity (Wildman–Crippen MR) is 98.5 cm³/mol. The van der Waals surface area contributed by atoms with Gasteiger partial charge in [-0.2, -0.15) is 5.10 Å². The lowest BCUT2D eigenvalue weighted by molar-refractivity contribution is 0.0000497. The molecule has 2 saturated heterocycles. The van der Waals surface area contributed by atoms with Crippen LogP contribution in [0.15, 0.2) is 42.7 Å². The summed E-state index contributed by atoms with van der Waals surface area (Å²) < 4.78 is 7.45. The van der Waals surface area contributed by atoms with Crippen molar-refractivity contribution in [3.8, 4) is 0 Å². The molecule has 3 heterocycles. The number of aromatic nitrogens is 2. The zero-order valence-electron chi connectivity index (χ0n) is 15.2. The fourth-order valence-electron chi connectivity index (χ4n) is 4.08. The highest BCUT2D eigenvalue weighted by Crippen LogP contribution is 2.48. The van der Waals surface area contributed by atoms with E-state index in [1.165, 1.54) is 5.56 Å². The number of hydrogen-bond acceptors (Lipinski definition) is 4. The molecule has 4 rings (SSSR count). The van der Waals surface area contributed by atoms with Gasteiger partial charge >= 0.3 is 6.09 Å². The van der Waals surface area contributed by atoms with Crippen LogP contribution in [0.2, 0.25) is 0 Å².